The highest BCUT2D eigenvalue weighted by Crippen LogP contribution is 2.29. The van der Waals surface area contributed by atoms with Crippen molar-refractivity contribution in [3.63, 3.8) is 0 Å². The number of nitrogens with two attached hydrogens (primary N) is 1. The van der Waals surface area contributed by atoms with Crippen molar-refractivity contribution in [1.29, 1.82) is 0 Å². The Labute approximate surface area is 127 Å². The molecule has 0 aliphatic heterocycles. The fourth-order valence-electron chi connectivity index (χ4n) is 2.36. The molecule has 2 rings (SSSR count). The van der Waals surface area contributed by atoms with E-state index in [1.165, 1.54) is 11.1 Å². The third-order valence-corrected chi connectivity index (χ3v) is 3.83. The average molecular weight is 283 g/mol. The van der Waals surface area contributed by atoms with E-state index >= 15 is 0 Å². The van der Waals surface area contributed by atoms with Gasteiger partial charge in [0.25, 0.3) is 0 Å². The van der Waals surface area contributed by atoms with E-state index in [1.54, 1.807) is 0 Å². The molecular formula is C19H25NO. The lowest BCUT2D eigenvalue weighted by Crippen LogP contribution is -2.21. The van der Waals surface area contributed by atoms with Crippen LogP contribution in [-0.4, -0.2) is 6.04 Å². The van der Waals surface area contributed by atoms with Gasteiger partial charge in [-0.3, -0.25) is 0 Å². The van der Waals surface area contributed by atoms with Gasteiger partial charge in [0.1, 0.15) is 11.5 Å². The van der Waals surface area contributed by atoms with E-state index in [9.17, 15) is 0 Å². The fourth-order valence-corrected chi connectivity index (χ4v) is 2.36. The van der Waals surface area contributed by atoms with Crippen molar-refractivity contribution in [2.24, 2.45) is 5.73 Å². The van der Waals surface area contributed by atoms with Crippen LogP contribution in [0.2, 0.25) is 0 Å². The smallest absolute Gasteiger partial charge is 0.130 e. The maximum Gasteiger partial charge on any atom is 0.130 e. The number of rotatable bonds is 5. The van der Waals surface area contributed by atoms with Gasteiger partial charge in [0.15, 0.2) is 0 Å². The monoisotopic (exact) mass is 283 g/mol. The lowest BCUT2D eigenvalue weighted by molar-refractivity contribution is 0.474. The van der Waals surface area contributed by atoms with Gasteiger partial charge in [-0.1, -0.05) is 36.8 Å². The molecule has 0 bridgehead atoms. The quantitative estimate of drug-likeness (QED) is 0.864. The average Bonchev–Trinajstić information content (AvgIpc) is 2.45. The Morgan fingerprint density at radius 2 is 1.71 bits per heavy atom. The van der Waals surface area contributed by atoms with E-state index < -0.39 is 0 Å². The molecule has 2 heteroatoms. The van der Waals surface area contributed by atoms with Crippen molar-refractivity contribution in [2.75, 3.05) is 0 Å². The molecule has 2 aromatic carbocycles. The van der Waals surface area contributed by atoms with E-state index in [-0.39, 0.29) is 6.04 Å². The molecule has 1 atom stereocenters. The lowest BCUT2D eigenvalue weighted by atomic mass is 10.0. The summed E-state index contributed by atoms with van der Waals surface area (Å²) in [6.07, 6.45) is 1.88. The standard InChI is InChI=1S/C19H25NO/c1-5-17(20)11-16-8-7-14(3)19(12-16)21-18-9-6-13(2)10-15(18)4/h6-10,12,17H,5,11,20H2,1-4H3. The Morgan fingerprint density at radius 3 is 2.38 bits per heavy atom. The maximum absolute atomic E-state index is 6.11. The molecule has 2 aromatic rings. The number of aryl methyl sites for hydroxylation is 3. The van der Waals surface area contributed by atoms with Crippen LogP contribution in [0.3, 0.4) is 0 Å². The molecule has 0 aromatic heterocycles. The highest BCUT2D eigenvalue weighted by atomic mass is 16.5. The molecule has 2 N–H and O–H groups in total. The molecule has 0 spiro atoms. The largest absolute Gasteiger partial charge is 0.457 e. The SMILES string of the molecule is CCC(N)Cc1ccc(C)c(Oc2ccc(C)cc2C)c1. The lowest BCUT2D eigenvalue weighted by Gasteiger charge is -2.14. The topological polar surface area (TPSA) is 35.2 Å². The van der Waals surface area contributed by atoms with Gasteiger partial charge < -0.3 is 10.5 Å². The van der Waals surface area contributed by atoms with Gasteiger partial charge in [0.2, 0.25) is 0 Å². The zero-order chi connectivity index (χ0) is 15.4. The Bertz CT molecular complexity index is 619. The molecule has 0 aliphatic carbocycles. The van der Waals surface area contributed by atoms with Crippen molar-refractivity contribution >= 4 is 0 Å². The first kappa shape index (κ1) is 15.6. The Kier molecular flexibility index (Phi) is 5.03. The van der Waals surface area contributed by atoms with Crippen LogP contribution < -0.4 is 10.5 Å². The van der Waals surface area contributed by atoms with E-state index in [4.69, 9.17) is 10.5 Å². The van der Waals surface area contributed by atoms with Crippen molar-refractivity contribution in [3.05, 3.63) is 58.7 Å². The van der Waals surface area contributed by atoms with Crippen LogP contribution in [0.5, 0.6) is 11.5 Å². The molecule has 112 valence electrons. The van der Waals surface area contributed by atoms with E-state index in [0.717, 1.165) is 35.5 Å². The van der Waals surface area contributed by atoms with Gasteiger partial charge in [0.05, 0.1) is 0 Å². The highest BCUT2D eigenvalue weighted by molar-refractivity contribution is 5.43. The molecule has 0 aliphatic rings. The van der Waals surface area contributed by atoms with Gasteiger partial charge in [-0.05, 0) is 62.4 Å². The Balaban J connectivity index is 2.24. The van der Waals surface area contributed by atoms with Crippen LogP contribution in [0.15, 0.2) is 36.4 Å². The molecular weight excluding hydrogens is 258 g/mol. The van der Waals surface area contributed by atoms with Crippen molar-refractivity contribution in [1.82, 2.24) is 0 Å². The zero-order valence-corrected chi connectivity index (χ0v) is 13.4. The van der Waals surface area contributed by atoms with Crippen molar-refractivity contribution in [3.8, 4) is 11.5 Å². The summed E-state index contributed by atoms with van der Waals surface area (Å²) in [6.45, 7) is 8.36. The third-order valence-electron chi connectivity index (χ3n) is 3.83. The van der Waals surface area contributed by atoms with Gasteiger partial charge >= 0.3 is 0 Å². The number of benzene rings is 2. The molecule has 0 amide bonds. The minimum atomic E-state index is 0.210. The first-order chi connectivity index (χ1) is 9.99. The molecule has 1 unspecified atom stereocenters. The van der Waals surface area contributed by atoms with Crippen LogP contribution in [0.25, 0.3) is 0 Å². The summed E-state index contributed by atoms with van der Waals surface area (Å²) in [5.74, 6) is 1.84. The van der Waals surface area contributed by atoms with Crippen LogP contribution in [0, 0.1) is 20.8 Å². The van der Waals surface area contributed by atoms with E-state index in [0.29, 0.717) is 0 Å². The van der Waals surface area contributed by atoms with Gasteiger partial charge in [-0.15, -0.1) is 0 Å². The summed E-state index contributed by atoms with van der Waals surface area (Å²) in [4.78, 5) is 0. The van der Waals surface area contributed by atoms with Gasteiger partial charge in [-0.25, -0.2) is 0 Å². The fraction of sp³-hybridized carbons (Fsp3) is 0.368. The summed E-state index contributed by atoms with van der Waals surface area (Å²) < 4.78 is 6.11. The first-order valence-corrected chi connectivity index (χ1v) is 7.59. The predicted octanol–water partition coefficient (Wildman–Crippen LogP) is 4.68. The van der Waals surface area contributed by atoms with E-state index in [1.807, 2.05) is 6.07 Å². The molecule has 0 heterocycles. The Morgan fingerprint density at radius 1 is 0.952 bits per heavy atom. The van der Waals surface area contributed by atoms with Crippen molar-refractivity contribution < 1.29 is 4.74 Å². The first-order valence-electron chi connectivity index (χ1n) is 7.59. The summed E-state index contributed by atoms with van der Waals surface area (Å²) in [5.41, 5.74) is 10.8. The van der Waals surface area contributed by atoms with Crippen LogP contribution in [-0.2, 0) is 6.42 Å². The second-order valence-corrected chi connectivity index (χ2v) is 5.84. The summed E-state index contributed by atoms with van der Waals surface area (Å²) in [7, 11) is 0. The molecule has 0 fully saturated rings. The second-order valence-electron chi connectivity index (χ2n) is 5.84. The maximum atomic E-state index is 6.11. The molecule has 21 heavy (non-hydrogen) atoms. The van der Waals surface area contributed by atoms with E-state index in [2.05, 4.69) is 58.0 Å². The molecule has 2 nitrogen and oxygen atoms in total. The molecule has 0 radical (unpaired) electrons. The van der Waals surface area contributed by atoms with Crippen LogP contribution in [0.4, 0.5) is 0 Å². The number of ether oxygens (including phenoxy) is 1. The van der Waals surface area contributed by atoms with Gasteiger partial charge in [-0.2, -0.15) is 0 Å². The molecule has 0 saturated carbocycles. The minimum Gasteiger partial charge on any atom is -0.457 e. The third kappa shape index (κ3) is 4.08. The normalized spacial score (nSPS) is 12.2. The second kappa shape index (κ2) is 6.77. The highest BCUT2D eigenvalue weighted by Gasteiger charge is 2.08. The number of hydrogen-bond acceptors (Lipinski definition) is 2. The summed E-state index contributed by atoms with van der Waals surface area (Å²) >= 11 is 0. The van der Waals surface area contributed by atoms with Crippen LogP contribution >= 0.6 is 0 Å². The molecule has 0 saturated heterocycles. The predicted molar refractivity (Wildman–Crippen MR) is 89.1 cm³/mol. The summed E-state index contributed by atoms with van der Waals surface area (Å²) in [5, 5.41) is 0. The zero-order valence-electron chi connectivity index (χ0n) is 13.4. The van der Waals surface area contributed by atoms with Crippen molar-refractivity contribution in [2.45, 2.75) is 46.6 Å². The number of hydrogen-bond donors (Lipinski definition) is 1. The van der Waals surface area contributed by atoms with Crippen LogP contribution in [0.1, 0.15) is 35.6 Å². The minimum absolute atomic E-state index is 0.210. The Hall–Kier alpha value is -1.80. The summed E-state index contributed by atoms with van der Waals surface area (Å²) in [6, 6.07) is 12.8. The van der Waals surface area contributed by atoms with Gasteiger partial charge in [0, 0.05) is 6.04 Å².